The maximum atomic E-state index is 12.7. The van der Waals surface area contributed by atoms with Crippen molar-refractivity contribution in [2.24, 2.45) is 0 Å². The number of sulfonamides is 1. The summed E-state index contributed by atoms with van der Waals surface area (Å²) >= 11 is 0. The highest BCUT2D eigenvalue weighted by Crippen LogP contribution is 2.28. The van der Waals surface area contributed by atoms with Crippen LogP contribution >= 0.6 is 0 Å². The predicted octanol–water partition coefficient (Wildman–Crippen LogP) is 3.26. The standard InChI is InChI=1S/C21H19F3N4O3S/c22-21(23,24)19-11-12-28(26-19)17-7-3-15(4-8-17)20(29)25-13-14-1-9-18(10-2-14)32(30,31)27-16-5-6-16/h1-4,7-12,16,27H,5-6,13H2,(H,25,29). The maximum absolute atomic E-state index is 12.7. The van der Waals surface area contributed by atoms with E-state index in [1.54, 1.807) is 12.1 Å². The number of hydrogen-bond donors (Lipinski definition) is 2. The lowest BCUT2D eigenvalue weighted by Gasteiger charge is -2.09. The molecule has 0 radical (unpaired) electrons. The van der Waals surface area contributed by atoms with Crippen molar-refractivity contribution in [2.75, 3.05) is 0 Å². The molecule has 1 aromatic heterocycles. The number of amides is 1. The highest BCUT2D eigenvalue weighted by molar-refractivity contribution is 7.89. The van der Waals surface area contributed by atoms with E-state index in [0.717, 1.165) is 29.2 Å². The monoisotopic (exact) mass is 464 g/mol. The Labute approximate surface area is 182 Å². The number of benzene rings is 2. The first-order chi connectivity index (χ1) is 15.1. The molecular weight excluding hydrogens is 445 g/mol. The molecule has 2 N–H and O–H groups in total. The van der Waals surface area contributed by atoms with Gasteiger partial charge in [0.05, 0.1) is 10.6 Å². The van der Waals surface area contributed by atoms with Crippen LogP contribution in [0.2, 0.25) is 0 Å². The summed E-state index contributed by atoms with van der Waals surface area (Å²) in [6.07, 6.45) is -1.63. The summed E-state index contributed by atoms with van der Waals surface area (Å²) in [4.78, 5) is 12.5. The summed E-state index contributed by atoms with van der Waals surface area (Å²) in [5, 5.41) is 6.21. The molecular formula is C21H19F3N4O3S. The van der Waals surface area contributed by atoms with Crippen LogP contribution in [-0.2, 0) is 22.7 Å². The Balaban J connectivity index is 1.35. The lowest BCUT2D eigenvalue weighted by molar-refractivity contribution is -0.141. The molecule has 1 aliphatic carbocycles. The van der Waals surface area contributed by atoms with Gasteiger partial charge in [0, 0.05) is 24.3 Å². The summed E-state index contributed by atoms with van der Waals surface area (Å²) in [6, 6.07) is 13.1. The van der Waals surface area contributed by atoms with Crippen LogP contribution in [0.5, 0.6) is 0 Å². The molecule has 1 saturated carbocycles. The fraction of sp³-hybridized carbons (Fsp3) is 0.238. The average Bonchev–Trinajstić information content (AvgIpc) is 3.40. The molecule has 7 nitrogen and oxygen atoms in total. The highest BCUT2D eigenvalue weighted by atomic mass is 32.2. The minimum Gasteiger partial charge on any atom is -0.348 e. The van der Waals surface area contributed by atoms with E-state index in [4.69, 9.17) is 0 Å². The molecule has 1 fully saturated rings. The molecule has 3 aromatic rings. The molecule has 11 heteroatoms. The van der Waals surface area contributed by atoms with Crippen LogP contribution in [0.3, 0.4) is 0 Å². The van der Waals surface area contributed by atoms with E-state index in [1.807, 2.05) is 0 Å². The fourth-order valence-corrected chi connectivity index (χ4v) is 4.25. The van der Waals surface area contributed by atoms with Crippen molar-refractivity contribution in [1.29, 1.82) is 0 Å². The summed E-state index contributed by atoms with van der Waals surface area (Å²) in [5.74, 6) is -0.375. The van der Waals surface area contributed by atoms with Crippen molar-refractivity contribution in [3.63, 3.8) is 0 Å². The van der Waals surface area contributed by atoms with E-state index < -0.39 is 21.9 Å². The SMILES string of the molecule is O=C(NCc1ccc(S(=O)(=O)NC2CC2)cc1)c1ccc(-n2ccc(C(F)(F)F)n2)cc1. The van der Waals surface area contributed by atoms with E-state index in [1.165, 1.54) is 42.6 Å². The third-order valence-electron chi connectivity index (χ3n) is 4.86. The molecule has 1 aliphatic rings. The van der Waals surface area contributed by atoms with Crippen molar-refractivity contribution in [3.05, 3.63) is 77.6 Å². The zero-order valence-electron chi connectivity index (χ0n) is 16.6. The minimum atomic E-state index is -4.53. The average molecular weight is 464 g/mol. The van der Waals surface area contributed by atoms with Crippen LogP contribution < -0.4 is 10.0 Å². The lowest BCUT2D eigenvalue weighted by Crippen LogP contribution is -2.26. The second-order valence-electron chi connectivity index (χ2n) is 7.41. The number of halogens is 3. The van der Waals surface area contributed by atoms with Gasteiger partial charge < -0.3 is 5.32 Å². The molecule has 0 spiro atoms. The van der Waals surface area contributed by atoms with Gasteiger partial charge in [-0.2, -0.15) is 18.3 Å². The van der Waals surface area contributed by atoms with Crippen molar-refractivity contribution in [2.45, 2.75) is 36.5 Å². The van der Waals surface area contributed by atoms with Gasteiger partial charge in [0.15, 0.2) is 5.69 Å². The maximum Gasteiger partial charge on any atom is 0.435 e. The normalized spacial score (nSPS) is 14.3. The zero-order valence-corrected chi connectivity index (χ0v) is 17.4. The summed E-state index contributed by atoms with van der Waals surface area (Å²) in [5.41, 5.74) is 0.427. The van der Waals surface area contributed by atoms with Gasteiger partial charge >= 0.3 is 6.18 Å². The topological polar surface area (TPSA) is 93.1 Å². The van der Waals surface area contributed by atoms with Gasteiger partial charge in [-0.25, -0.2) is 17.8 Å². The molecule has 1 amide bonds. The Hall–Kier alpha value is -3.18. The Morgan fingerprint density at radius 1 is 1.03 bits per heavy atom. The van der Waals surface area contributed by atoms with Gasteiger partial charge in [0.1, 0.15) is 0 Å². The van der Waals surface area contributed by atoms with Crippen molar-refractivity contribution >= 4 is 15.9 Å². The first-order valence-corrected chi connectivity index (χ1v) is 11.2. The van der Waals surface area contributed by atoms with Crippen LogP contribution in [0, 0.1) is 0 Å². The lowest BCUT2D eigenvalue weighted by atomic mass is 10.2. The second kappa shape index (κ2) is 8.40. The second-order valence-corrected chi connectivity index (χ2v) is 9.13. The van der Waals surface area contributed by atoms with E-state index in [-0.39, 0.29) is 23.4 Å². The minimum absolute atomic E-state index is 0.0188. The van der Waals surface area contributed by atoms with Crippen LogP contribution in [0.25, 0.3) is 5.69 Å². The Morgan fingerprint density at radius 2 is 1.69 bits per heavy atom. The molecule has 0 bridgehead atoms. The van der Waals surface area contributed by atoms with Crippen LogP contribution in [0.1, 0.15) is 34.5 Å². The van der Waals surface area contributed by atoms with E-state index in [0.29, 0.717) is 11.3 Å². The van der Waals surface area contributed by atoms with E-state index in [2.05, 4.69) is 15.1 Å². The summed E-state index contributed by atoms with van der Waals surface area (Å²) in [6.45, 7) is 0.186. The molecule has 0 atom stereocenters. The first kappa shape index (κ1) is 22.0. The van der Waals surface area contributed by atoms with Gasteiger partial charge in [0.25, 0.3) is 5.91 Å². The third-order valence-corrected chi connectivity index (χ3v) is 6.40. The molecule has 32 heavy (non-hydrogen) atoms. The quantitative estimate of drug-likeness (QED) is 0.561. The van der Waals surface area contributed by atoms with E-state index in [9.17, 15) is 26.4 Å². The van der Waals surface area contributed by atoms with Gasteiger partial charge in [-0.3, -0.25) is 4.79 Å². The summed E-state index contributed by atoms with van der Waals surface area (Å²) in [7, 11) is -3.53. The molecule has 168 valence electrons. The number of rotatable bonds is 7. The smallest absolute Gasteiger partial charge is 0.348 e. The number of aromatic nitrogens is 2. The fourth-order valence-electron chi connectivity index (χ4n) is 2.94. The molecule has 4 rings (SSSR count). The number of carbonyl (C=O) groups excluding carboxylic acids is 1. The highest BCUT2D eigenvalue weighted by Gasteiger charge is 2.33. The molecule has 0 aliphatic heterocycles. The van der Waals surface area contributed by atoms with Gasteiger partial charge in [-0.15, -0.1) is 0 Å². The summed E-state index contributed by atoms with van der Waals surface area (Å²) < 4.78 is 66.1. The van der Waals surface area contributed by atoms with E-state index >= 15 is 0 Å². The Bertz CT molecular complexity index is 1220. The predicted molar refractivity (Wildman–Crippen MR) is 110 cm³/mol. The molecule has 2 aromatic carbocycles. The number of nitrogens with one attached hydrogen (secondary N) is 2. The van der Waals surface area contributed by atoms with Crippen LogP contribution in [0.4, 0.5) is 13.2 Å². The number of carbonyl (C=O) groups is 1. The van der Waals surface area contributed by atoms with Crippen LogP contribution in [0.15, 0.2) is 65.7 Å². The number of alkyl halides is 3. The Morgan fingerprint density at radius 3 is 2.25 bits per heavy atom. The molecule has 0 saturated heterocycles. The van der Waals surface area contributed by atoms with Crippen molar-refractivity contribution < 1.29 is 26.4 Å². The third kappa shape index (κ3) is 5.17. The van der Waals surface area contributed by atoms with Crippen LogP contribution in [-0.4, -0.2) is 30.1 Å². The zero-order chi connectivity index (χ0) is 22.9. The Kier molecular flexibility index (Phi) is 5.78. The van der Waals surface area contributed by atoms with Gasteiger partial charge in [-0.1, -0.05) is 12.1 Å². The first-order valence-electron chi connectivity index (χ1n) is 9.75. The van der Waals surface area contributed by atoms with Gasteiger partial charge in [-0.05, 0) is 60.9 Å². The molecule has 0 unspecified atom stereocenters. The molecule has 1 heterocycles. The number of nitrogens with zero attached hydrogens (tertiary/aromatic N) is 2. The van der Waals surface area contributed by atoms with Crippen molar-refractivity contribution in [1.82, 2.24) is 19.8 Å². The van der Waals surface area contributed by atoms with Crippen molar-refractivity contribution in [3.8, 4) is 5.69 Å². The number of hydrogen-bond acceptors (Lipinski definition) is 4. The largest absolute Gasteiger partial charge is 0.435 e. The van der Waals surface area contributed by atoms with Gasteiger partial charge in [0.2, 0.25) is 10.0 Å².